The zero-order chi connectivity index (χ0) is 19.7. The summed E-state index contributed by atoms with van der Waals surface area (Å²) in [6.07, 6.45) is 1.81. The maximum atomic E-state index is 12.4. The van der Waals surface area contributed by atoms with Gasteiger partial charge in [-0.05, 0) is 47.9 Å². The highest BCUT2D eigenvalue weighted by Gasteiger charge is 2.16. The highest BCUT2D eigenvalue weighted by Crippen LogP contribution is 2.22. The number of hydrogen-bond donors (Lipinski definition) is 2. The first-order valence-electron chi connectivity index (χ1n) is 9.48. The molecule has 2 heterocycles. The van der Waals surface area contributed by atoms with Crippen LogP contribution in [0.15, 0.2) is 71.7 Å². The van der Waals surface area contributed by atoms with Crippen LogP contribution in [-0.4, -0.2) is 15.4 Å². The quantitative estimate of drug-likeness (QED) is 0.564. The highest BCUT2D eigenvalue weighted by molar-refractivity contribution is 5.83. The Kier molecular flexibility index (Phi) is 4.94. The summed E-state index contributed by atoms with van der Waals surface area (Å²) in [6.45, 7) is 4.41. The first kappa shape index (κ1) is 18.3. The second kappa shape index (κ2) is 7.54. The van der Waals surface area contributed by atoms with E-state index in [0.29, 0.717) is 17.9 Å². The first-order chi connectivity index (χ1) is 13.5. The molecule has 142 valence electrons. The fraction of sp³-hybridized carbons (Fsp3) is 0.217. The van der Waals surface area contributed by atoms with E-state index in [1.54, 1.807) is 10.5 Å². The molecule has 4 rings (SSSR count). The molecule has 2 aromatic carbocycles. The van der Waals surface area contributed by atoms with Crippen LogP contribution in [0.5, 0.6) is 0 Å². The normalized spacial score (nSPS) is 13.7. The number of benzene rings is 2. The fourth-order valence-electron chi connectivity index (χ4n) is 3.57. The van der Waals surface area contributed by atoms with E-state index in [-0.39, 0.29) is 17.6 Å². The summed E-state index contributed by atoms with van der Waals surface area (Å²) in [6, 6.07) is 19.9. The standard InChI is InChI=1S/C23H24N4O/c1-15-7-10-21-26-20(12-22(28)27(21)14-15)13-25-23(16(2)24)19-9-8-17-5-3-4-6-18(17)11-19/h3-12,14,16,23,25H,13,24H2,1-2H3. The topological polar surface area (TPSA) is 72.4 Å². The molecule has 0 fully saturated rings. The maximum absolute atomic E-state index is 12.4. The molecule has 0 aliphatic rings. The summed E-state index contributed by atoms with van der Waals surface area (Å²) in [5.41, 5.74) is 9.70. The summed E-state index contributed by atoms with van der Waals surface area (Å²) in [7, 11) is 0. The lowest BCUT2D eigenvalue weighted by Gasteiger charge is -2.23. The Hall–Kier alpha value is -3.02. The van der Waals surface area contributed by atoms with Crippen molar-refractivity contribution in [3.8, 4) is 0 Å². The minimum atomic E-state index is -0.0923. The van der Waals surface area contributed by atoms with Crippen LogP contribution < -0.4 is 16.6 Å². The molecule has 0 bridgehead atoms. The smallest absolute Gasteiger partial charge is 0.258 e. The van der Waals surface area contributed by atoms with E-state index in [9.17, 15) is 4.79 Å². The van der Waals surface area contributed by atoms with Gasteiger partial charge in [-0.25, -0.2) is 4.98 Å². The van der Waals surface area contributed by atoms with Crippen molar-refractivity contribution in [2.45, 2.75) is 32.5 Å². The summed E-state index contributed by atoms with van der Waals surface area (Å²) >= 11 is 0. The SMILES string of the molecule is Cc1ccc2nc(CNC(c3ccc4ccccc4c3)C(C)N)cc(=O)n2c1. The van der Waals surface area contributed by atoms with Crippen LogP contribution in [0.25, 0.3) is 16.4 Å². The van der Waals surface area contributed by atoms with E-state index in [2.05, 4.69) is 40.6 Å². The summed E-state index contributed by atoms with van der Waals surface area (Å²) in [4.78, 5) is 17.0. The van der Waals surface area contributed by atoms with Gasteiger partial charge in [0.1, 0.15) is 5.65 Å². The van der Waals surface area contributed by atoms with Crippen LogP contribution in [0.3, 0.4) is 0 Å². The minimum Gasteiger partial charge on any atom is -0.326 e. The van der Waals surface area contributed by atoms with E-state index < -0.39 is 0 Å². The molecule has 28 heavy (non-hydrogen) atoms. The molecule has 0 saturated heterocycles. The molecule has 0 amide bonds. The van der Waals surface area contributed by atoms with Gasteiger partial charge in [-0.2, -0.15) is 0 Å². The van der Waals surface area contributed by atoms with Crippen molar-refractivity contribution in [3.63, 3.8) is 0 Å². The molecule has 4 aromatic rings. The number of nitrogens with zero attached hydrogens (tertiary/aromatic N) is 2. The van der Waals surface area contributed by atoms with Gasteiger partial charge in [0.25, 0.3) is 5.56 Å². The second-order valence-corrected chi connectivity index (χ2v) is 7.34. The zero-order valence-electron chi connectivity index (χ0n) is 16.1. The number of pyridine rings is 1. The van der Waals surface area contributed by atoms with Gasteiger partial charge in [0.05, 0.1) is 5.69 Å². The largest absolute Gasteiger partial charge is 0.326 e. The van der Waals surface area contributed by atoms with Crippen LogP contribution in [-0.2, 0) is 6.54 Å². The van der Waals surface area contributed by atoms with Crippen molar-refractivity contribution in [1.29, 1.82) is 0 Å². The number of aromatic nitrogens is 2. The molecule has 2 aromatic heterocycles. The van der Waals surface area contributed by atoms with Crippen molar-refractivity contribution in [1.82, 2.24) is 14.7 Å². The van der Waals surface area contributed by atoms with Crippen molar-refractivity contribution in [2.75, 3.05) is 0 Å². The lowest BCUT2D eigenvalue weighted by atomic mass is 9.97. The molecule has 0 spiro atoms. The van der Waals surface area contributed by atoms with Crippen LogP contribution in [0, 0.1) is 6.92 Å². The number of rotatable bonds is 5. The lowest BCUT2D eigenvalue weighted by molar-refractivity contribution is 0.460. The summed E-state index contributed by atoms with van der Waals surface area (Å²) < 4.78 is 1.57. The molecule has 0 aliphatic heterocycles. The van der Waals surface area contributed by atoms with E-state index >= 15 is 0 Å². The van der Waals surface area contributed by atoms with Gasteiger partial charge in [-0.3, -0.25) is 9.20 Å². The zero-order valence-corrected chi connectivity index (χ0v) is 16.1. The van der Waals surface area contributed by atoms with Crippen molar-refractivity contribution >= 4 is 16.4 Å². The van der Waals surface area contributed by atoms with Crippen molar-refractivity contribution < 1.29 is 0 Å². The van der Waals surface area contributed by atoms with E-state index in [1.807, 2.05) is 44.3 Å². The second-order valence-electron chi connectivity index (χ2n) is 7.34. The number of nitrogens with two attached hydrogens (primary N) is 1. The summed E-state index contributed by atoms with van der Waals surface area (Å²) in [5, 5.41) is 5.87. The number of aryl methyl sites for hydroxylation is 1. The molecule has 0 radical (unpaired) electrons. The molecular weight excluding hydrogens is 348 g/mol. The third-order valence-corrected chi connectivity index (χ3v) is 5.02. The summed E-state index contributed by atoms with van der Waals surface area (Å²) in [5.74, 6) is 0. The predicted octanol–water partition coefficient (Wildman–Crippen LogP) is 3.33. The minimum absolute atomic E-state index is 0.0390. The van der Waals surface area contributed by atoms with Gasteiger partial charge >= 0.3 is 0 Å². The Labute approximate surface area is 163 Å². The average Bonchev–Trinajstić information content (AvgIpc) is 2.68. The fourth-order valence-corrected chi connectivity index (χ4v) is 3.57. The molecule has 2 atom stereocenters. The van der Waals surface area contributed by atoms with Gasteiger partial charge in [0, 0.05) is 30.9 Å². The maximum Gasteiger partial charge on any atom is 0.258 e. The molecular formula is C23H24N4O. The molecule has 3 N–H and O–H groups in total. The van der Waals surface area contributed by atoms with Gasteiger partial charge in [0.15, 0.2) is 0 Å². The van der Waals surface area contributed by atoms with E-state index in [1.165, 1.54) is 10.8 Å². The average molecular weight is 372 g/mol. The number of nitrogens with one attached hydrogen (secondary N) is 1. The monoisotopic (exact) mass is 372 g/mol. The van der Waals surface area contributed by atoms with Crippen LogP contribution in [0.4, 0.5) is 0 Å². The number of hydrogen-bond acceptors (Lipinski definition) is 4. The van der Waals surface area contributed by atoms with Crippen LogP contribution in [0.1, 0.15) is 29.8 Å². The highest BCUT2D eigenvalue weighted by atomic mass is 16.1. The van der Waals surface area contributed by atoms with Crippen LogP contribution in [0.2, 0.25) is 0 Å². The van der Waals surface area contributed by atoms with Crippen molar-refractivity contribution in [3.05, 3.63) is 94.0 Å². The van der Waals surface area contributed by atoms with Gasteiger partial charge < -0.3 is 11.1 Å². The van der Waals surface area contributed by atoms with E-state index in [4.69, 9.17) is 5.73 Å². The Morgan fingerprint density at radius 1 is 1.07 bits per heavy atom. The molecule has 0 aliphatic carbocycles. The molecule has 2 unspecified atom stereocenters. The Morgan fingerprint density at radius 3 is 2.64 bits per heavy atom. The third-order valence-electron chi connectivity index (χ3n) is 5.02. The molecule has 0 saturated carbocycles. The molecule has 5 nitrogen and oxygen atoms in total. The third kappa shape index (κ3) is 3.67. The van der Waals surface area contributed by atoms with Gasteiger partial charge in [0.2, 0.25) is 0 Å². The van der Waals surface area contributed by atoms with Crippen molar-refractivity contribution in [2.24, 2.45) is 5.73 Å². The van der Waals surface area contributed by atoms with Gasteiger partial charge in [-0.1, -0.05) is 42.5 Å². The first-order valence-corrected chi connectivity index (χ1v) is 9.48. The Bertz CT molecular complexity index is 1200. The number of fused-ring (bicyclic) bond motifs is 2. The Balaban J connectivity index is 1.61. The molecule has 5 heteroatoms. The van der Waals surface area contributed by atoms with E-state index in [0.717, 1.165) is 11.1 Å². The lowest BCUT2D eigenvalue weighted by Crippen LogP contribution is -2.36. The predicted molar refractivity (Wildman–Crippen MR) is 113 cm³/mol. The van der Waals surface area contributed by atoms with Gasteiger partial charge in [-0.15, -0.1) is 0 Å². The Morgan fingerprint density at radius 2 is 1.86 bits per heavy atom. The van der Waals surface area contributed by atoms with Crippen LogP contribution >= 0.6 is 0 Å².